The van der Waals surface area contributed by atoms with Crippen molar-refractivity contribution in [3.63, 3.8) is 0 Å². The Kier molecular flexibility index (Phi) is 7.59. The Balaban J connectivity index is 2.03. The lowest BCUT2D eigenvalue weighted by Crippen LogP contribution is -2.05. The molecule has 10 nitrogen and oxygen atoms in total. The van der Waals surface area contributed by atoms with Crippen molar-refractivity contribution in [1.29, 1.82) is 26.3 Å². The summed E-state index contributed by atoms with van der Waals surface area (Å²) in [5, 5.41) is 49.2. The van der Waals surface area contributed by atoms with Crippen molar-refractivity contribution in [2.24, 2.45) is 0 Å². The molecule has 2 aliphatic carbocycles. The van der Waals surface area contributed by atoms with Crippen LogP contribution < -0.4 is 0 Å². The number of nitriles is 5. The summed E-state index contributed by atoms with van der Waals surface area (Å²) in [7, 11) is 0. The minimum atomic E-state index is -1.35. The minimum absolute atomic E-state index is 0.00560. The molecule has 0 saturated carbocycles. The van der Waals surface area contributed by atoms with Gasteiger partial charge in [0.25, 0.3) is 11.4 Å². The van der Waals surface area contributed by atoms with Gasteiger partial charge >= 0.3 is 0 Å². The number of hydrogen-bond acceptors (Lipinski definition) is 5. The molecule has 48 heavy (non-hydrogen) atoms. The molecular weight excluding hydrogens is 610 g/mol. The fraction of sp³-hybridized carbons (Fsp3) is 0. The molecule has 0 amide bonds. The molecule has 3 aromatic rings. The summed E-state index contributed by atoms with van der Waals surface area (Å²) in [6, 6.07) is 16.1. The molecule has 0 fully saturated rings. The van der Waals surface area contributed by atoms with Crippen LogP contribution in [-0.4, -0.2) is 0 Å². The monoisotopic (exact) mass is 616 g/mol. The molecule has 0 unspecified atom stereocenters. The number of hydrogen-bond donors (Lipinski definition) is 0. The first kappa shape index (κ1) is 30.8. The molecule has 214 valence electrons. The number of halogens is 2. The highest BCUT2D eigenvalue weighted by molar-refractivity contribution is 6.29. The maximum absolute atomic E-state index is 17.2. The van der Waals surface area contributed by atoms with Gasteiger partial charge in [0.1, 0.15) is 29.8 Å². The van der Waals surface area contributed by atoms with E-state index in [1.54, 1.807) is 18.2 Å². The van der Waals surface area contributed by atoms with Crippen molar-refractivity contribution < 1.29 is 8.78 Å². The van der Waals surface area contributed by atoms with E-state index < -0.39 is 67.7 Å². The van der Waals surface area contributed by atoms with E-state index in [1.165, 1.54) is 36.4 Å². The molecule has 12 heteroatoms. The smallest absolute Gasteiger partial charge is 0.250 e. The fourth-order valence-corrected chi connectivity index (χ4v) is 5.65. The van der Waals surface area contributed by atoms with E-state index in [1.807, 2.05) is 12.1 Å². The van der Waals surface area contributed by atoms with Crippen molar-refractivity contribution >= 4 is 44.9 Å². The van der Waals surface area contributed by atoms with Gasteiger partial charge in [0.2, 0.25) is 5.70 Å². The Labute approximate surface area is 271 Å². The van der Waals surface area contributed by atoms with Crippen molar-refractivity contribution in [2.75, 3.05) is 0 Å². The Morgan fingerprint density at radius 1 is 0.562 bits per heavy atom. The molecule has 0 N–H and O–H groups in total. The van der Waals surface area contributed by atoms with Gasteiger partial charge in [-0.15, -0.1) is 0 Å². The standard InChI is InChI=1S/C36H6F2N10/c1-44-22-9-8-18(11-23(22)45-2)27-30(25(16-43)47-4)32-33(36(27)48-5)34(37)28-21(14-41)26(17-6-7-19(12-39)20(10-17)13-40)29(24(15-42)46-3)31(28)35(32)38/h6-11H/b29-24-,30-25+. The van der Waals surface area contributed by atoms with Crippen LogP contribution in [0.4, 0.5) is 20.2 Å². The Bertz CT molecular complexity index is 2470. The van der Waals surface area contributed by atoms with Gasteiger partial charge < -0.3 is 0 Å². The van der Waals surface area contributed by atoms with Crippen LogP contribution in [0.15, 0.2) is 47.8 Å². The maximum atomic E-state index is 17.2. The normalized spacial score (nSPS) is 14.2. The third-order valence-electron chi connectivity index (χ3n) is 7.54. The highest BCUT2D eigenvalue weighted by Crippen LogP contribution is 2.58. The van der Waals surface area contributed by atoms with Crippen LogP contribution in [0.25, 0.3) is 57.8 Å². The van der Waals surface area contributed by atoms with Crippen molar-refractivity contribution in [3.05, 3.63) is 161 Å². The number of rotatable bonds is 2. The highest BCUT2D eigenvalue weighted by Gasteiger charge is 2.43. The third-order valence-corrected chi connectivity index (χ3v) is 7.54. The quantitative estimate of drug-likeness (QED) is 0.210. The predicted molar refractivity (Wildman–Crippen MR) is 165 cm³/mol. The molecule has 0 spiro atoms. The second kappa shape index (κ2) is 11.8. The van der Waals surface area contributed by atoms with Gasteiger partial charge in [0, 0.05) is 27.8 Å². The molecule has 0 aromatic heterocycles. The summed E-state index contributed by atoms with van der Waals surface area (Å²) in [5.74, 6) is -2.68. The van der Waals surface area contributed by atoms with Crippen LogP contribution in [0.5, 0.6) is 0 Å². The molecule has 0 bridgehead atoms. The van der Waals surface area contributed by atoms with Gasteiger partial charge in [-0.1, -0.05) is 24.3 Å². The van der Waals surface area contributed by atoms with E-state index >= 15 is 8.78 Å². The molecule has 0 heterocycles. The molecular formula is C36H6F2N10. The lowest BCUT2D eigenvalue weighted by atomic mass is 9.89. The molecule has 2 aliphatic rings. The average molecular weight is 617 g/mol. The van der Waals surface area contributed by atoms with Gasteiger partial charge in [-0.2, -0.15) is 15.8 Å². The fourth-order valence-electron chi connectivity index (χ4n) is 5.65. The zero-order valence-corrected chi connectivity index (χ0v) is 23.7. The van der Waals surface area contributed by atoms with Crippen molar-refractivity contribution in [3.8, 4) is 30.3 Å². The van der Waals surface area contributed by atoms with E-state index in [0.717, 1.165) is 0 Å². The Hall–Kier alpha value is -8.62. The van der Waals surface area contributed by atoms with Crippen LogP contribution in [0, 0.1) is 101 Å². The van der Waals surface area contributed by atoms with Gasteiger partial charge in [0.15, 0.2) is 11.4 Å². The number of nitrogens with zero attached hydrogens (tertiary/aromatic N) is 10. The zero-order valence-electron chi connectivity index (χ0n) is 23.7. The Morgan fingerprint density at radius 3 is 1.62 bits per heavy atom. The number of benzene rings is 3. The number of allylic oxidation sites excluding steroid dienone is 7. The molecule has 0 saturated heterocycles. The molecule has 3 aromatic carbocycles. The summed E-state index contributed by atoms with van der Waals surface area (Å²) in [6.45, 7) is 38.1. The van der Waals surface area contributed by atoms with E-state index in [9.17, 15) is 26.3 Å². The summed E-state index contributed by atoms with van der Waals surface area (Å²) >= 11 is 0. The van der Waals surface area contributed by atoms with Crippen LogP contribution in [-0.2, 0) is 0 Å². The summed E-state index contributed by atoms with van der Waals surface area (Å²) < 4.78 is 34.3. The van der Waals surface area contributed by atoms with Crippen LogP contribution in [0.1, 0.15) is 44.5 Å². The molecule has 5 rings (SSSR count). The van der Waals surface area contributed by atoms with Gasteiger partial charge in [-0.05, 0) is 40.0 Å². The highest BCUT2D eigenvalue weighted by atomic mass is 19.1. The second-order valence-corrected chi connectivity index (χ2v) is 9.63. The maximum Gasteiger partial charge on any atom is 0.270 e. The number of fused-ring (bicyclic) bond motifs is 2. The SMILES string of the molecule is [C-]#[N+]C1=C(c2ccc([N+]#[C-])c([N+]#[C-])c2)/C(=C(/C#N)[N+]#[C-])c2c(F)c3c(c(F)c21)C(C#N)=C(c1ccc(C#N)c(C#N)c1)/C3=C(\C#N)[N+]#[C-]. The van der Waals surface area contributed by atoms with E-state index in [4.69, 9.17) is 32.9 Å². The first-order valence-corrected chi connectivity index (χ1v) is 13.0. The van der Waals surface area contributed by atoms with Gasteiger partial charge in [0.05, 0.1) is 61.7 Å². The van der Waals surface area contributed by atoms with E-state index in [-0.39, 0.29) is 44.8 Å². The lowest BCUT2D eigenvalue weighted by Gasteiger charge is -2.15. The average Bonchev–Trinajstić information content (AvgIpc) is 3.65. The van der Waals surface area contributed by atoms with Crippen LogP contribution in [0.3, 0.4) is 0 Å². The van der Waals surface area contributed by atoms with Crippen LogP contribution in [0.2, 0.25) is 0 Å². The molecule has 0 radical (unpaired) electrons. The van der Waals surface area contributed by atoms with E-state index in [2.05, 4.69) is 24.2 Å². The zero-order chi connectivity index (χ0) is 34.9. The van der Waals surface area contributed by atoms with E-state index in [0.29, 0.717) is 0 Å². The molecule has 0 atom stereocenters. The minimum Gasteiger partial charge on any atom is -0.250 e. The largest absolute Gasteiger partial charge is 0.270 e. The second-order valence-electron chi connectivity index (χ2n) is 9.63. The first-order valence-electron chi connectivity index (χ1n) is 13.0. The summed E-state index contributed by atoms with van der Waals surface area (Å²) in [4.78, 5) is 16.4. The predicted octanol–water partition coefficient (Wildman–Crippen LogP) is 8.37. The first-order chi connectivity index (χ1) is 23.2. The van der Waals surface area contributed by atoms with Gasteiger partial charge in [-0.3, -0.25) is 9.69 Å². The van der Waals surface area contributed by atoms with Gasteiger partial charge in [-0.25, -0.2) is 33.8 Å². The molecule has 0 aliphatic heterocycles. The van der Waals surface area contributed by atoms with Crippen molar-refractivity contribution in [2.45, 2.75) is 0 Å². The summed E-state index contributed by atoms with van der Waals surface area (Å²) in [6.07, 6.45) is 0. The lowest BCUT2D eigenvalue weighted by molar-refractivity contribution is 0.590. The topological polar surface area (TPSA) is 141 Å². The van der Waals surface area contributed by atoms with Crippen molar-refractivity contribution in [1.82, 2.24) is 0 Å². The summed E-state index contributed by atoms with van der Waals surface area (Å²) in [5.41, 5.74) is -7.50. The van der Waals surface area contributed by atoms with Crippen LogP contribution >= 0.6 is 0 Å². The third kappa shape index (κ3) is 4.14. The Morgan fingerprint density at radius 2 is 1.10 bits per heavy atom.